The van der Waals surface area contributed by atoms with Gasteiger partial charge in [0, 0.05) is 13.1 Å². The van der Waals surface area contributed by atoms with Crippen LogP contribution in [0.5, 0.6) is 0 Å². The van der Waals surface area contributed by atoms with E-state index >= 15 is 0 Å². The average molecular weight is 318 g/mol. The van der Waals surface area contributed by atoms with E-state index in [1.807, 2.05) is 6.92 Å². The highest BCUT2D eigenvalue weighted by Gasteiger charge is 2.60. The first kappa shape index (κ1) is 17.2. The van der Waals surface area contributed by atoms with E-state index in [4.69, 9.17) is 5.11 Å². The number of hydrogen-bond donors (Lipinski definition) is 2. The van der Waals surface area contributed by atoms with Gasteiger partial charge in [-0.05, 0) is 25.7 Å². The second kappa shape index (κ2) is 5.49. The van der Waals surface area contributed by atoms with Crippen LogP contribution in [-0.4, -0.2) is 48.6 Å². The van der Waals surface area contributed by atoms with Crippen molar-refractivity contribution in [1.82, 2.24) is 9.03 Å². The van der Waals surface area contributed by atoms with Crippen LogP contribution in [0.3, 0.4) is 0 Å². The van der Waals surface area contributed by atoms with Gasteiger partial charge in [-0.2, -0.15) is 30.6 Å². The van der Waals surface area contributed by atoms with Crippen LogP contribution >= 0.6 is 0 Å². The number of nitrogens with zero attached hydrogens (tertiary/aromatic N) is 1. The molecule has 1 atom stereocenters. The van der Waals surface area contributed by atoms with Gasteiger partial charge in [0.2, 0.25) is 5.54 Å². The molecule has 0 aromatic heterocycles. The summed E-state index contributed by atoms with van der Waals surface area (Å²) in [5.74, 6) is -2.01. The lowest BCUT2D eigenvalue weighted by Crippen LogP contribution is -2.64. The molecule has 1 unspecified atom stereocenters. The monoisotopic (exact) mass is 318 g/mol. The number of nitrogens with one attached hydrogen (secondary N) is 1. The molecular weight excluding hydrogens is 301 g/mol. The SMILES string of the molecule is CC1CCN(S(=O)(=O)NC(C)(C(=O)O)C(F)(F)F)CC1. The van der Waals surface area contributed by atoms with Crippen LogP contribution in [0.15, 0.2) is 0 Å². The van der Waals surface area contributed by atoms with Gasteiger partial charge in [0.25, 0.3) is 10.2 Å². The fourth-order valence-corrected chi connectivity index (χ4v) is 3.31. The minimum Gasteiger partial charge on any atom is -0.480 e. The normalized spacial score (nSPS) is 22.4. The second-order valence-corrected chi connectivity index (χ2v) is 6.79. The summed E-state index contributed by atoms with van der Waals surface area (Å²) >= 11 is 0. The predicted octanol–water partition coefficient (Wildman–Crippen LogP) is 0.958. The number of piperidine rings is 1. The van der Waals surface area contributed by atoms with E-state index in [0.717, 1.165) is 4.31 Å². The Kier molecular flexibility index (Phi) is 4.72. The lowest BCUT2D eigenvalue weighted by atomic mass is 10.0. The molecule has 10 heteroatoms. The van der Waals surface area contributed by atoms with Crippen LogP contribution in [-0.2, 0) is 15.0 Å². The summed E-state index contributed by atoms with van der Waals surface area (Å²) in [7, 11) is -4.51. The number of carboxylic acids is 1. The van der Waals surface area contributed by atoms with Crippen molar-refractivity contribution >= 4 is 16.2 Å². The van der Waals surface area contributed by atoms with Gasteiger partial charge in [0.15, 0.2) is 0 Å². The smallest absolute Gasteiger partial charge is 0.418 e. The van der Waals surface area contributed by atoms with Crippen molar-refractivity contribution in [2.45, 2.75) is 38.4 Å². The van der Waals surface area contributed by atoms with Crippen LogP contribution in [0, 0.1) is 5.92 Å². The van der Waals surface area contributed by atoms with Gasteiger partial charge in [-0.25, -0.2) is 4.79 Å². The van der Waals surface area contributed by atoms with Crippen molar-refractivity contribution in [2.75, 3.05) is 13.1 Å². The Balaban J connectivity index is 2.96. The zero-order chi connectivity index (χ0) is 15.8. The second-order valence-electron chi connectivity index (χ2n) is 5.12. The number of alkyl halides is 3. The van der Waals surface area contributed by atoms with E-state index in [2.05, 4.69) is 0 Å². The van der Waals surface area contributed by atoms with Gasteiger partial charge < -0.3 is 5.11 Å². The van der Waals surface area contributed by atoms with Crippen molar-refractivity contribution < 1.29 is 31.5 Å². The first-order chi connectivity index (χ1) is 8.90. The zero-order valence-corrected chi connectivity index (χ0v) is 11.9. The maximum absolute atomic E-state index is 12.8. The third-order valence-electron chi connectivity index (χ3n) is 3.41. The molecule has 0 saturated carbocycles. The lowest BCUT2D eigenvalue weighted by molar-refractivity contribution is -0.201. The third-order valence-corrected chi connectivity index (χ3v) is 5.12. The van der Waals surface area contributed by atoms with Crippen LogP contribution in [0.4, 0.5) is 13.2 Å². The predicted molar refractivity (Wildman–Crippen MR) is 64.1 cm³/mol. The molecule has 20 heavy (non-hydrogen) atoms. The highest BCUT2D eigenvalue weighted by atomic mass is 32.2. The van der Waals surface area contributed by atoms with Crippen LogP contribution in [0.25, 0.3) is 0 Å². The molecule has 0 aliphatic carbocycles. The van der Waals surface area contributed by atoms with Gasteiger partial charge in [0.1, 0.15) is 0 Å². The van der Waals surface area contributed by atoms with Crippen LogP contribution < -0.4 is 4.72 Å². The molecule has 0 aromatic rings. The van der Waals surface area contributed by atoms with E-state index in [1.54, 1.807) is 0 Å². The van der Waals surface area contributed by atoms with Crippen molar-refractivity contribution in [1.29, 1.82) is 0 Å². The topological polar surface area (TPSA) is 86.7 Å². The molecule has 118 valence electrons. The molecule has 6 nitrogen and oxygen atoms in total. The van der Waals surface area contributed by atoms with E-state index in [9.17, 15) is 26.4 Å². The fourth-order valence-electron chi connectivity index (χ4n) is 1.77. The minimum atomic E-state index is -5.24. The van der Waals surface area contributed by atoms with E-state index in [1.165, 1.54) is 4.72 Å². The summed E-state index contributed by atoms with van der Waals surface area (Å²) in [6.07, 6.45) is -4.19. The van der Waals surface area contributed by atoms with Gasteiger partial charge >= 0.3 is 12.1 Å². The average Bonchev–Trinajstić information content (AvgIpc) is 2.27. The number of carbonyl (C=O) groups is 1. The molecule has 1 saturated heterocycles. The number of carboxylic acid groups (broad SMARTS) is 1. The van der Waals surface area contributed by atoms with Crippen molar-refractivity contribution in [2.24, 2.45) is 5.92 Å². The van der Waals surface area contributed by atoms with Gasteiger partial charge in [0.05, 0.1) is 0 Å². The summed E-state index contributed by atoms with van der Waals surface area (Å²) < 4.78 is 64.3. The molecule has 1 fully saturated rings. The maximum Gasteiger partial charge on any atom is 0.418 e. The fraction of sp³-hybridized carbons (Fsp3) is 0.900. The van der Waals surface area contributed by atoms with E-state index < -0.39 is 27.9 Å². The highest BCUT2D eigenvalue weighted by molar-refractivity contribution is 7.87. The van der Waals surface area contributed by atoms with Crippen molar-refractivity contribution in [3.63, 3.8) is 0 Å². The standard InChI is InChI=1S/C10H17F3N2O4S/c1-7-3-5-15(6-4-7)20(18,19)14-9(2,8(16)17)10(11,12)13/h7,14H,3-6H2,1-2H3,(H,16,17). The minimum absolute atomic E-state index is 0.0735. The Morgan fingerprint density at radius 2 is 1.75 bits per heavy atom. The first-order valence-electron chi connectivity index (χ1n) is 5.99. The Morgan fingerprint density at radius 3 is 2.10 bits per heavy atom. The number of rotatable bonds is 4. The van der Waals surface area contributed by atoms with Crippen LogP contribution in [0.1, 0.15) is 26.7 Å². The summed E-state index contributed by atoms with van der Waals surface area (Å²) in [6, 6.07) is 0. The molecule has 1 aliphatic heterocycles. The van der Waals surface area contributed by atoms with Gasteiger partial charge in [-0.1, -0.05) is 6.92 Å². The molecule has 0 aromatic carbocycles. The molecule has 0 radical (unpaired) electrons. The zero-order valence-electron chi connectivity index (χ0n) is 11.1. The molecular formula is C10H17F3N2O4S. The van der Waals surface area contributed by atoms with Gasteiger partial charge in [-0.15, -0.1) is 0 Å². The highest BCUT2D eigenvalue weighted by Crippen LogP contribution is 2.32. The van der Waals surface area contributed by atoms with Crippen LogP contribution in [0.2, 0.25) is 0 Å². The summed E-state index contributed by atoms with van der Waals surface area (Å²) in [6.45, 7) is 2.35. The first-order valence-corrected chi connectivity index (χ1v) is 7.43. The van der Waals surface area contributed by atoms with Crippen molar-refractivity contribution in [3.05, 3.63) is 0 Å². The maximum atomic E-state index is 12.8. The summed E-state index contributed by atoms with van der Waals surface area (Å²) in [5, 5.41) is 8.71. The summed E-state index contributed by atoms with van der Waals surface area (Å²) in [4.78, 5) is 10.8. The van der Waals surface area contributed by atoms with E-state index in [-0.39, 0.29) is 19.0 Å². The Morgan fingerprint density at radius 1 is 1.30 bits per heavy atom. The quantitative estimate of drug-likeness (QED) is 0.808. The Labute approximate surface area is 115 Å². The Hall–Kier alpha value is -0.870. The lowest BCUT2D eigenvalue weighted by Gasteiger charge is -2.34. The molecule has 1 aliphatic rings. The number of hydrogen-bond acceptors (Lipinski definition) is 3. The molecule has 0 spiro atoms. The number of halogens is 3. The number of aliphatic carboxylic acids is 1. The molecule has 2 N–H and O–H groups in total. The largest absolute Gasteiger partial charge is 0.480 e. The van der Waals surface area contributed by atoms with Gasteiger partial charge in [-0.3, -0.25) is 0 Å². The van der Waals surface area contributed by atoms with Crippen molar-refractivity contribution in [3.8, 4) is 0 Å². The Bertz CT molecular complexity index is 471. The molecule has 1 rings (SSSR count). The third kappa shape index (κ3) is 3.41. The van der Waals surface area contributed by atoms with E-state index in [0.29, 0.717) is 19.8 Å². The molecule has 0 amide bonds. The molecule has 1 heterocycles. The molecule has 0 bridgehead atoms. The summed E-state index contributed by atoms with van der Waals surface area (Å²) in [5.41, 5.74) is -3.55.